The molecule has 33 heavy (non-hydrogen) atoms. The second-order valence-electron chi connectivity index (χ2n) is 9.40. The van der Waals surface area contributed by atoms with E-state index in [0.29, 0.717) is 30.8 Å². The largest absolute Gasteiger partial charge is 0.389 e. The van der Waals surface area contributed by atoms with Crippen molar-refractivity contribution in [1.29, 1.82) is 0 Å². The molecule has 12 heteroatoms. The van der Waals surface area contributed by atoms with E-state index in [2.05, 4.69) is 15.5 Å². The van der Waals surface area contributed by atoms with E-state index in [1.54, 1.807) is 29.2 Å². The first-order valence-corrected chi connectivity index (χ1v) is 12.4. The molecule has 1 saturated heterocycles. The van der Waals surface area contributed by atoms with Gasteiger partial charge in [0, 0.05) is 42.7 Å². The second-order valence-corrected chi connectivity index (χ2v) is 11.4. The Morgan fingerprint density at radius 2 is 1.97 bits per heavy atom. The molecule has 4 heterocycles. The molecule has 3 aromatic heterocycles. The number of hydrogen-bond donors (Lipinski definition) is 3. The quantitative estimate of drug-likeness (QED) is 0.457. The van der Waals surface area contributed by atoms with Crippen LogP contribution in [0.5, 0.6) is 0 Å². The van der Waals surface area contributed by atoms with E-state index in [4.69, 9.17) is 5.73 Å². The molecule has 0 saturated carbocycles. The average molecular weight is 476 g/mol. The van der Waals surface area contributed by atoms with Crippen molar-refractivity contribution >= 4 is 27.1 Å². The van der Waals surface area contributed by atoms with Crippen LogP contribution in [0.1, 0.15) is 31.1 Å². The molecule has 1 fully saturated rings. The molecule has 0 radical (unpaired) electrons. The highest BCUT2D eigenvalue weighted by atomic mass is 32.2. The summed E-state index contributed by atoms with van der Waals surface area (Å²) in [6.45, 7) is 6.42. The Kier molecular flexibility index (Phi) is 5.71. The first kappa shape index (κ1) is 23.2. The maximum absolute atomic E-state index is 12.1. The number of nitrogens with two attached hydrogens (primary N) is 1. The van der Waals surface area contributed by atoms with Crippen molar-refractivity contribution in [1.82, 2.24) is 23.7 Å². The van der Waals surface area contributed by atoms with Crippen LogP contribution in [0.4, 0.5) is 5.69 Å². The van der Waals surface area contributed by atoms with Gasteiger partial charge in [-0.15, -0.1) is 0 Å². The number of sulfonamides is 1. The average Bonchev–Trinajstić information content (AvgIpc) is 3.38. The van der Waals surface area contributed by atoms with E-state index in [0.717, 1.165) is 11.1 Å². The van der Waals surface area contributed by atoms with Gasteiger partial charge in [-0.2, -0.15) is 14.5 Å². The van der Waals surface area contributed by atoms with Crippen molar-refractivity contribution in [3.63, 3.8) is 0 Å². The van der Waals surface area contributed by atoms with Crippen LogP contribution in [-0.4, -0.2) is 74.1 Å². The summed E-state index contributed by atoms with van der Waals surface area (Å²) in [5.74, 6) is -0.595. The third kappa shape index (κ3) is 4.87. The number of aromatic nitrogens is 4. The minimum Gasteiger partial charge on any atom is -0.389 e. The second kappa shape index (κ2) is 8.12. The summed E-state index contributed by atoms with van der Waals surface area (Å²) in [5.41, 5.74) is 7.76. The number of fused-ring (bicyclic) bond motifs is 1. The predicted molar refractivity (Wildman–Crippen MR) is 124 cm³/mol. The summed E-state index contributed by atoms with van der Waals surface area (Å²) < 4.78 is 28.7. The fraction of sp³-hybridized carbons (Fsp3) is 0.476. The lowest BCUT2D eigenvalue weighted by atomic mass is 10.1. The van der Waals surface area contributed by atoms with E-state index in [1.165, 1.54) is 16.8 Å². The van der Waals surface area contributed by atoms with Crippen LogP contribution < -0.4 is 11.1 Å². The van der Waals surface area contributed by atoms with E-state index in [1.807, 2.05) is 25.4 Å². The van der Waals surface area contributed by atoms with Gasteiger partial charge in [-0.3, -0.25) is 9.48 Å². The van der Waals surface area contributed by atoms with E-state index in [9.17, 15) is 18.3 Å². The monoisotopic (exact) mass is 475 g/mol. The third-order valence-corrected chi connectivity index (χ3v) is 7.03. The van der Waals surface area contributed by atoms with Gasteiger partial charge in [0.05, 0.1) is 47.6 Å². The SMILES string of the molecule is C[C@@H]1CN(S(C)(=O)=O)C[C@H]1Nc1c(C(N)=O)cnn2cc(-c3cnn(CC(C)(C)O)c3)cc12. The fourth-order valence-electron chi connectivity index (χ4n) is 4.12. The van der Waals surface area contributed by atoms with Crippen LogP contribution in [0.15, 0.2) is 30.9 Å². The van der Waals surface area contributed by atoms with Crippen LogP contribution in [-0.2, 0) is 16.6 Å². The van der Waals surface area contributed by atoms with Crippen LogP contribution in [0, 0.1) is 5.92 Å². The van der Waals surface area contributed by atoms with Crippen molar-refractivity contribution in [3.8, 4) is 11.1 Å². The van der Waals surface area contributed by atoms with Crippen LogP contribution in [0.3, 0.4) is 0 Å². The summed E-state index contributed by atoms with van der Waals surface area (Å²) in [5, 5.41) is 22.0. The summed E-state index contributed by atoms with van der Waals surface area (Å²) in [4.78, 5) is 12.1. The lowest BCUT2D eigenvalue weighted by Gasteiger charge is -2.20. The number of anilines is 1. The number of carbonyl (C=O) groups is 1. The molecule has 0 bridgehead atoms. The predicted octanol–water partition coefficient (Wildman–Crippen LogP) is 0.759. The van der Waals surface area contributed by atoms with Gasteiger partial charge in [-0.1, -0.05) is 6.92 Å². The molecule has 4 rings (SSSR count). The minimum absolute atomic E-state index is 0.0307. The normalized spacial score (nSPS) is 19.9. The Bertz CT molecular complexity index is 1310. The Labute approximate surface area is 192 Å². The number of nitrogens with zero attached hydrogens (tertiary/aromatic N) is 5. The molecule has 2 atom stereocenters. The van der Waals surface area contributed by atoms with Crippen LogP contribution in [0.25, 0.3) is 16.6 Å². The molecule has 1 aliphatic heterocycles. The number of nitrogens with one attached hydrogen (secondary N) is 1. The molecule has 0 spiro atoms. The van der Waals surface area contributed by atoms with Gasteiger partial charge in [0.15, 0.2) is 0 Å². The molecule has 178 valence electrons. The molecule has 0 aliphatic carbocycles. The maximum atomic E-state index is 12.1. The fourth-order valence-corrected chi connectivity index (χ4v) is 5.05. The number of amides is 1. The van der Waals surface area contributed by atoms with Crippen LogP contribution in [0.2, 0.25) is 0 Å². The first-order valence-electron chi connectivity index (χ1n) is 10.6. The minimum atomic E-state index is -3.32. The number of hydrogen-bond acceptors (Lipinski definition) is 7. The van der Waals surface area contributed by atoms with Gasteiger partial charge < -0.3 is 16.2 Å². The Morgan fingerprint density at radius 1 is 1.24 bits per heavy atom. The topological polar surface area (TPSA) is 148 Å². The highest BCUT2D eigenvalue weighted by molar-refractivity contribution is 7.88. The Morgan fingerprint density at radius 3 is 2.58 bits per heavy atom. The van der Waals surface area contributed by atoms with Gasteiger partial charge in [0.2, 0.25) is 10.0 Å². The molecular formula is C21H29N7O4S. The summed E-state index contributed by atoms with van der Waals surface area (Å²) in [6.07, 6.45) is 7.95. The highest BCUT2D eigenvalue weighted by Gasteiger charge is 2.35. The number of rotatable bonds is 7. The molecule has 0 unspecified atom stereocenters. The summed E-state index contributed by atoms with van der Waals surface area (Å²) in [7, 11) is -3.32. The molecule has 11 nitrogen and oxygen atoms in total. The molecule has 3 aromatic rings. The Balaban J connectivity index is 1.71. The molecular weight excluding hydrogens is 446 g/mol. The van der Waals surface area contributed by atoms with Gasteiger partial charge in [-0.25, -0.2) is 12.9 Å². The number of primary amides is 1. The van der Waals surface area contributed by atoms with Gasteiger partial charge in [0.1, 0.15) is 0 Å². The van der Waals surface area contributed by atoms with E-state index < -0.39 is 21.5 Å². The lowest BCUT2D eigenvalue weighted by molar-refractivity contribution is 0.0577. The standard InChI is InChI=1S/C21H29N7O4S/c1-13-8-27(33(4,31)32)11-17(13)25-19-16(20(22)29)7-24-28-10-14(5-18(19)28)15-6-23-26(9-15)12-21(2,3)30/h5-7,9-10,13,17,25,30H,8,11-12H2,1-4H3,(H2,22,29)/t13-,17-/m1/s1. The molecule has 1 aliphatic rings. The van der Waals surface area contributed by atoms with Crippen molar-refractivity contribution in [2.75, 3.05) is 24.7 Å². The van der Waals surface area contributed by atoms with Crippen molar-refractivity contribution in [2.45, 2.75) is 39.0 Å². The van der Waals surface area contributed by atoms with E-state index in [-0.39, 0.29) is 17.5 Å². The van der Waals surface area contributed by atoms with Gasteiger partial charge >= 0.3 is 0 Å². The van der Waals surface area contributed by atoms with Crippen molar-refractivity contribution < 1.29 is 18.3 Å². The Hall–Kier alpha value is -2.96. The zero-order chi connectivity index (χ0) is 24.1. The molecule has 1 amide bonds. The van der Waals surface area contributed by atoms with Gasteiger partial charge in [-0.05, 0) is 25.8 Å². The molecule has 0 aromatic carbocycles. The number of carbonyl (C=O) groups excluding carboxylic acids is 1. The zero-order valence-electron chi connectivity index (χ0n) is 19.1. The van der Waals surface area contributed by atoms with Crippen molar-refractivity contribution in [3.05, 3.63) is 36.4 Å². The highest BCUT2D eigenvalue weighted by Crippen LogP contribution is 2.31. The first-order chi connectivity index (χ1) is 15.3. The summed E-state index contributed by atoms with van der Waals surface area (Å²) >= 11 is 0. The zero-order valence-corrected chi connectivity index (χ0v) is 19.9. The smallest absolute Gasteiger partial charge is 0.252 e. The van der Waals surface area contributed by atoms with Gasteiger partial charge in [0.25, 0.3) is 5.91 Å². The number of aliphatic hydroxyl groups is 1. The maximum Gasteiger partial charge on any atom is 0.252 e. The third-order valence-electron chi connectivity index (χ3n) is 5.80. The van der Waals surface area contributed by atoms with E-state index >= 15 is 0 Å². The molecule has 4 N–H and O–H groups in total. The summed E-state index contributed by atoms with van der Waals surface area (Å²) in [6, 6.07) is 1.68. The van der Waals surface area contributed by atoms with Crippen molar-refractivity contribution in [2.24, 2.45) is 11.7 Å². The lowest BCUT2D eigenvalue weighted by Crippen LogP contribution is -2.32. The van der Waals surface area contributed by atoms with Crippen LogP contribution >= 0.6 is 0 Å².